The molecule has 2 heterocycles. The van der Waals surface area contributed by atoms with E-state index >= 15 is 0 Å². The van der Waals surface area contributed by atoms with Crippen molar-refractivity contribution in [1.29, 1.82) is 0 Å². The first-order valence-electron chi connectivity index (χ1n) is 5.14. The molecule has 1 aliphatic heterocycles. The molecule has 17 heavy (non-hydrogen) atoms. The normalized spacial score (nSPS) is 23.3. The molecule has 0 radical (unpaired) electrons. The van der Waals surface area contributed by atoms with Crippen molar-refractivity contribution in [2.24, 2.45) is 11.0 Å². The summed E-state index contributed by atoms with van der Waals surface area (Å²) in [5, 5.41) is 3.47. The number of nitrogens with one attached hydrogen (secondary N) is 1. The maximum absolute atomic E-state index is 11.5. The molecule has 1 fully saturated rings. The summed E-state index contributed by atoms with van der Waals surface area (Å²) < 4.78 is 6.76. The molecule has 0 unspecified atom stereocenters. The smallest absolute Gasteiger partial charge is 0.330 e. The highest BCUT2D eigenvalue weighted by molar-refractivity contribution is 4.86. The highest BCUT2D eigenvalue weighted by Gasteiger charge is 2.26. The van der Waals surface area contributed by atoms with Gasteiger partial charge < -0.3 is 4.74 Å². The summed E-state index contributed by atoms with van der Waals surface area (Å²) >= 11 is 0. The van der Waals surface area contributed by atoms with E-state index in [1.54, 1.807) is 0 Å². The Hall–Kier alpha value is -2.05. The number of aromatic amines is 1. The van der Waals surface area contributed by atoms with Gasteiger partial charge in [0.15, 0.2) is 0 Å². The van der Waals surface area contributed by atoms with Crippen molar-refractivity contribution in [2.75, 3.05) is 13.2 Å². The monoisotopic (exact) mass is 237 g/mol. The van der Waals surface area contributed by atoms with Crippen molar-refractivity contribution < 1.29 is 4.74 Å². The number of H-pyrrole nitrogens is 1. The van der Waals surface area contributed by atoms with Crippen molar-refractivity contribution in [3.8, 4) is 0 Å². The van der Waals surface area contributed by atoms with E-state index in [9.17, 15) is 9.59 Å². The molecule has 1 aliphatic rings. The van der Waals surface area contributed by atoms with Crippen LogP contribution in [0.25, 0.3) is 10.4 Å². The summed E-state index contributed by atoms with van der Waals surface area (Å²) in [4.78, 5) is 27.2. The molecule has 0 aromatic carbocycles. The van der Waals surface area contributed by atoms with Crippen LogP contribution in [0.3, 0.4) is 0 Å². The van der Waals surface area contributed by atoms with Crippen LogP contribution >= 0.6 is 0 Å². The minimum atomic E-state index is -0.494. The van der Waals surface area contributed by atoms with Gasteiger partial charge in [-0.15, -0.1) is 0 Å². The van der Waals surface area contributed by atoms with E-state index in [0.717, 1.165) is 0 Å². The molecule has 1 saturated heterocycles. The second-order valence-electron chi connectivity index (χ2n) is 3.82. The maximum Gasteiger partial charge on any atom is 0.330 e. The number of ether oxygens (including phenoxy) is 1. The predicted molar refractivity (Wildman–Crippen MR) is 58.4 cm³/mol. The standard InChI is InChI=1S/C9H11N5O3/c10-13-11-4-6-3-8(17-5-6)14-2-1-7(15)12-9(14)16/h1-2,6,8H,3-5H2,(H,12,15,16)/t6-,8-/m1/s1. The number of rotatable bonds is 3. The summed E-state index contributed by atoms with van der Waals surface area (Å²) in [5.41, 5.74) is 7.28. The third-order valence-electron chi connectivity index (χ3n) is 2.62. The Morgan fingerprint density at radius 1 is 1.65 bits per heavy atom. The van der Waals surface area contributed by atoms with Crippen LogP contribution in [-0.4, -0.2) is 22.7 Å². The van der Waals surface area contributed by atoms with E-state index in [1.807, 2.05) is 0 Å². The average Bonchev–Trinajstić information content (AvgIpc) is 2.75. The van der Waals surface area contributed by atoms with Gasteiger partial charge >= 0.3 is 5.69 Å². The zero-order valence-corrected chi connectivity index (χ0v) is 8.94. The van der Waals surface area contributed by atoms with E-state index in [4.69, 9.17) is 10.3 Å². The van der Waals surface area contributed by atoms with Gasteiger partial charge in [-0.25, -0.2) is 4.79 Å². The summed E-state index contributed by atoms with van der Waals surface area (Å²) in [5.74, 6) is 0.106. The van der Waals surface area contributed by atoms with Crippen molar-refractivity contribution in [3.63, 3.8) is 0 Å². The van der Waals surface area contributed by atoms with E-state index < -0.39 is 17.5 Å². The minimum Gasteiger partial charge on any atom is -0.358 e. The summed E-state index contributed by atoms with van der Waals surface area (Å²) in [7, 11) is 0. The van der Waals surface area contributed by atoms with Gasteiger partial charge in [-0.2, -0.15) is 0 Å². The van der Waals surface area contributed by atoms with Gasteiger partial charge in [0.05, 0.1) is 6.61 Å². The van der Waals surface area contributed by atoms with Gasteiger partial charge in [-0.05, 0) is 17.9 Å². The molecule has 0 bridgehead atoms. The van der Waals surface area contributed by atoms with Crippen LogP contribution in [0.5, 0.6) is 0 Å². The van der Waals surface area contributed by atoms with Gasteiger partial charge in [0.25, 0.3) is 5.56 Å². The zero-order chi connectivity index (χ0) is 12.3. The SMILES string of the molecule is [N-]=[N+]=NC[C@@H]1CO[C@@H](n2ccc(=O)[nH]c2=O)C1. The number of nitrogens with zero attached hydrogens (tertiary/aromatic N) is 4. The van der Waals surface area contributed by atoms with E-state index in [2.05, 4.69) is 15.0 Å². The van der Waals surface area contributed by atoms with E-state index in [1.165, 1.54) is 16.8 Å². The Morgan fingerprint density at radius 3 is 3.18 bits per heavy atom. The summed E-state index contributed by atoms with van der Waals surface area (Å²) in [6.07, 6.45) is 1.59. The number of azide groups is 1. The van der Waals surface area contributed by atoms with Crippen LogP contribution in [0.4, 0.5) is 0 Å². The van der Waals surface area contributed by atoms with Crippen LogP contribution in [0, 0.1) is 5.92 Å². The topological polar surface area (TPSA) is 113 Å². The quantitative estimate of drug-likeness (QED) is 0.465. The maximum atomic E-state index is 11.5. The molecular formula is C9H11N5O3. The minimum absolute atomic E-state index is 0.106. The second-order valence-corrected chi connectivity index (χ2v) is 3.82. The van der Waals surface area contributed by atoms with E-state index in [-0.39, 0.29) is 5.92 Å². The van der Waals surface area contributed by atoms with Gasteiger partial charge in [0, 0.05) is 23.7 Å². The fourth-order valence-electron chi connectivity index (χ4n) is 1.80. The van der Waals surface area contributed by atoms with Crippen molar-refractivity contribution >= 4 is 0 Å². The Bertz CT molecular complexity index is 556. The van der Waals surface area contributed by atoms with Crippen molar-refractivity contribution in [2.45, 2.75) is 12.6 Å². The Kier molecular flexibility index (Phi) is 3.27. The lowest BCUT2D eigenvalue weighted by molar-refractivity contribution is 0.0507. The largest absolute Gasteiger partial charge is 0.358 e. The van der Waals surface area contributed by atoms with Crippen LogP contribution < -0.4 is 11.2 Å². The van der Waals surface area contributed by atoms with Crippen molar-refractivity contribution in [1.82, 2.24) is 9.55 Å². The average molecular weight is 237 g/mol. The Morgan fingerprint density at radius 2 is 2.47 bits per heavy atom. The molecular weight excluding hydrogens is 226 g/mol. The lowest BCUT2D eigenvalue weighted by Crippen LogP contribution is -2.31. The molecule has 0 amide bonds. The van der Waals surface area contributed by atoms with Crippen LogP contribution in [0.1, 0.15) is 12.6 Å². The van der Waals surface area contributed by atoms with Crippen LogP contribution in [0.2, 0.25) is 0 Å². The molecule has 8 heteroatoms. The van der Waals surface area contributed by atoms with Crippen LogP contribution in [0.15, 0.2) is 27.0 Å². The zero-order valence-electron chi connectivity index (χ0n) is 8.94. The fraction of sp³-hybridized carbons (Fsp3) is 0.556. The Labute approximate surface area is 95.5 Å². The first-order valence-corrected chi connectivity index (χ1v) is 5.14. The lowest BCUT2D eigenvalue weighted by atomic mass is 10.1. The van der Waals surface area contributed by atoms with E-state index in [0.29, 0.717) is 19.6 Å². The molecule has 1 aromatic rings. The highest BCUT2D eigenvalue weighted by atomic mass is 16.5. The van der Waals surface area contributed by atoms with Crippen LogP contribution in [-0.2, 0) is 4.74 Å². The Balaban J connectivity index is 2.12. The predicted octanol–water partition coefficient (Wildman–Crippen LogP) is 0.382. The van der Waals surface area contributed by atoms with Gasteiger partial charge in [-0.1, -0.05) is 5.11 Å². The highest BCUT2D eigenvalue weighted by Crippen LogP contribution is 2.26. The lowest BCUT2D eigenvalue weighted by Gasteiger charge is -2.11. The molecule has 8 nitrogen and oxygen atoms in total. The first kappa shape index (κ1) is 11.4. The van der Waals surface area contributed by atoms with Gasteiger partial charge in [-0.3, -0.25) is 14.3 Å². The van der Waals surface area contributed by atoms with Gasteiger partial charge in [0.1, 0.15) is 6.23 Å². The van der Waals surface area contributed by atoms with Gasteiger partial charge in [0.2, 0.25) is 0 Å². The molecule has 2 rings (SSSR count). The fourth-order valence-corrected chi connectivity index (χ4v) is 1.80. The molecule has 1 N–H and O–H groups in total. The molecule has 0 aliphatic carbocycles. The molecule has 1 aromatic heterocycles. The third-order valence-corrected chi connectivity index (χ3v) is 2.62. The molecule has 2 atom stereocenters. The number of hydrogen-bond donors (Lipinski definition) is 1. The molecule has 0 saturated carbocycles. The second kappa shape index (κ2) is 4.86. The number of hydrogen-bond acceptors (Lipinski definition) is 4. The molecule has 90 valence electrons. The number of aromatic nitrogens is 2. The third kappa shape index (κ3) is 2.55. The molecule has 0 spiro atoms. The summed E-state index contributed by atoms with van der Waals surface area (Å²) in [6.45, 7) is 0.792. The first-order chi connectivity index (χ1) is 8.20. The van der Waals surface area contributed by atoms with Crippen molar-refractivity contribution in [3.05, 3.63) is 43.5 Å². The summed E-state index contributed by atoms with van der Waals surface area (Å²) in [6, 6.07) is 1.27.